The fourth-order valence-electron chi connectivity index (χ4n) is 2.89. The van der Waals surface area contributed by atoms with Gasteiger partial charge in [0.1, 0.15) is 11.5 Å². The molecule has 186 valence electrons. The lowest BCUT2D eigenvalue weighted by molar-refractivity contribution is 0.101. The number of anilines is 2. The van der Waals surface area contributed by atoms with Gasteiger partial charge in [-0.1, -0.05) is 83.3 Å². The number of rotatable bonds is 4. The Labute approximate surface area is 225 Å². The van der Waals surface area contributed by atoms with Crippen molar-refractivity contribution < 1.29 is 19.8 Å². The van der Waals surface area contributed by atoms with Gasteiger partial charge >= 0.3 is 0 Å². The molecule has 0 saturated carbocycles. The number of ketones is 1. The summed E-state index contributed by atoms with van der Waals surface area (Å²) in [5, 5.41) is 21.3. The third-order valence-corrected chi connectivity index (χ3v) is 5.53. The van der Waals surface area contributed by atoms with Crippen molar-refractivity contribution in [2.24, 2.45) is 0 Å². The number of alkyl halides is 1. The Kier molecular flexibility index (Phi) is 11.5. The molecule has 36 heavy (non-hydrogen) atoms. The number of nitrogen functional groups attached to an aromatic ring is 1. The summed E-state index contributed by atoms with van der Waals surface area (Å²) in [4.78, 5) is 22.8. The summed E-state index contributed by atoms with van der Waals surface area (Å²) in [6.45, 7) is 3.78. The number of nitrogens with one attached hydrogen (secondary N) is 1. The molecule has 7 heteroatoms. The second-order valence-electron chi connectivity index (χ2n) is 7.83. The number of aryl methyl sites for hydroxylation is 2. The van der Waals surface area contributed by atoms with E-state index in [1.807, 2.05) is 62.4 Å². The number of carbonyl (C=O) groups excluding carboxylic acids is 2. The minimum absolute atomic E-state index is 0.0780. The maximum absolute atomic E-state index is 11.8. The highest BCUT2D eigenvalue weighted by Gasteiger charge is 2.08. The number of hydrogen-bond donors (Lipinski definition) is 4. The molecule has 0 fully saturated rings. The zero-order valence-corrected chi connectivity index (χ0v) is 22.3. The molecule has 0 atom stereocenters. The van der Waals surface area contributed by atoms with Gasteiger partial charge in [0.25, 0.3) is 5.91 Å². The Morgan fingerprint density at radius 1 is 0.750 bits per heavy atom. The number of Topliss-reactive ketones (excluding diaryl/α,β-unsaturated/α-hetero) is 1. The van der Waals surface area contributed by atoms with Crippen LogP contribution < -0.4 is 11.1 Å². The van der Waals surface area contributed by atoms with Crippen LogP contribution in [0, 0.1) is 13.8 Å². The average Bonchev–Trinajstić information content (AvgIpc) is 2.89. The molecule has 4 aromatic carbocycles. The van der Waals surface area contributed by atoms with Crippen molar-refractivity contribution in [3.63, 3.8) is 0 Å². The molecule has 0 aromatic heterocycles. The summed E-state index contributed by atoms with van der Waals surface area (Å²) in [5.74, 6) is 0.204. The smallest absolute Gasteiger partial charge is 0.255 e. The van der Waals surface area contributed by atoms with Gasteiger partial charge in [-0.15, -0.1) is 0 Å². The van der Waals surface area contributed by atoms with Gasteiger partial charge in [-0.3, -0.25) is 9.59 Å². The molecular weight excluding hydrogens is 567 g/mol. The molecule has 0 spiro atoms. The molecule has 0 heterocycles. The number of halogens is 1. The molecule has 5 N–H and O–H groups in total. The monoisotopic (exact) mass is 596 g/mol. The van der Waals surface area contributed by atoms with E-state index in [0.717, 1.165) is 16.7 Å². The van der Waals surface area contributed by atoms with Crippen molar-refractivity contribution in [2.75, 3.05) is 15.5 Å². The van der Waals surface area contributed by atoms with Crippen LogP contribution in [0.25, 0.3) is 0 Å². The molecular formula is C29H29IN2O4. The molecule has 0 aliphatic heterocycles. The summed E-state index contributed by atoms with van der Waals surface area (Å²) in [6.07, 6.45) is 0. The lowest BCUT2D eigenvalue weighted by Gasteiger charge is -2.07. The first-order valence-electron chi connectivity index (χ1n) is 11.1. The lowest BCUT2D eigenvalue weighted by Crippen LogP contribution is -2.11. The number of carbonyl (C=O) groups is 2. The van der Waals surface area contributed by atoms with Crippen LogP contribution in [-0.4, -0.2) is 26.3 Å². The van der Waals surface area contributed by atoms with Gasteiger partial charge in [-0.2, -0.15) is 0 Å². The van der Waals surface area contributed by atoms with Gasteiger partial charge in [0.2, 0.25) is 0 Å². The van der Waals surface area contributed by atoms with Gasteiger partial charge in [-0.25, -0.2) is 0 Å². The molecule has 4 aromatic rings. The summed E-state index contributed by atoms with van der Waals surface area (Å²) >= 11 is 2.07. The predicted molar refractivity (Wildman–Crippen MR) is 154 cm³/mol. The Balaban J connectivity index is 0.000000205. The summed E-state index contributed by atoms with van der Waals surface area (Å²) in [6, 6.07) is 28.5. The first-order chi connectivity index (χ1) is 17.2. The van der Waals surface area contributed by atoms with E-state index in [-0.39, 0.29) is 23.2 Å². The Morgan fingerprint density at radius 2 is 1.25 bits per heavy atom. The maximum atomic E-state index is 11.8. The molecule has 0 aliphatic carbocycles. The Bertz CT molecular complexity index is 1280. The van der Waals surface area contributed by atoms with Crippen LogP contribution in [0.15, 0.2) is 97.1 Å². The average molecular weight is 596 g/mol. The number of phenols is 2. The second-order valence-corrected chi connectivity index (χ2v) is 8.59. The number of aromatic hydroxyl groups is 2. The van der Waals surface area contributed by atoms with E-state index in [4.69, 9.17) is 10.8 Å². The normalized spacial score (nSPS) is 9.64. The van der Waals surface area contributed by atoms with E-state index in [1.165, 1.54) is 0 Å². The topological polar surface area (TPSA) is 113 Å². The van der Waals surface area contributed by atoms with Gasteiger partial charge in [0, 0.05) is 11.1 Å². The summed E-state index contributed by atoms with van der Waals surface area (Å²) < 4.78 is 0.557. The Morgan fingerprint density at radius 3 is 1.72 bits per heavy atom. The van der Waals surface area contributed by atoms with Crippen LogP contribution in [0.3, 0.4) is 0 Å². The van der Waals surface area contributed by atoms with Crippen molar-refractivity contribution in [1.82, 2.24) is 0 Å². The number of hydrogen-bond acceptors (Lipinski definition) is 5. The van der Waals surface area contributed by atoms with Crippen LogP contribution in [0.2, 0.25) is 0 Å². The highest BCUT2D eigenvalue weighted by Crippen LogP contribution is 2.24. The first kappa shape index (κ1) is 28.4. The van der Waals surface area contributed by atoms with Crippen molar-refractivity contribution in [3.8, 4) is 11.5 Å². The van der Waals surface area contributed by atoms with Crippen molar-refractivity contribution >= 4 is 45.7 Å². The molecule has 0 radical (unpaired) electrons. The van der Waals surface area contributed by atoms with E-state index < -0.39 is 0 Å². The minimum Gasteiger partial charge on any atom is -0.506 e. The number of benzene rings is 4. The third-order valence-electron chi connectivity index (χ3n) is 4.84. The fourth-order valence-corrected chi connectivity index (χ4v) is 3.33. The summed E-state index contributed by atoms with van der Waals surface area (Å²) in [5.41, 5.74) is 9.52. The van der Waals surface area contributed by atoms with Gasteiger partial charge in [0.05, 0.1) is 15.8 Å². The van der Waals surface area contributed by atoms with E-state index in [2.05, 4.69) is 27.9 Å². The highest BCUT2D eigenvalue weighted by atomic mass is 127. The zero-order valence-electron chi connectivity index (χ0n) is 20.1. The summed E-state index contributed by atoms with van der Waals surface area (Å²) in [7, 11) is 0. The lowest BCUT2D eigenvalue weighted by atomic mass is 10.2. The van der Waals surface area contributed by atoms with Crippen molar-refractivity contribution in [3.05, 3.63) is 119 Å². The van der Waals surface area contributed by atoms with Gasteiger partial charge in [0.15, 0.2) is 5.78 Å². The van der Waals surface area contributed by atoms with Gasteiger partial charge in [-0.05, 0) is 61.4 Å². The number of amides is 1. The van der Waals surface area contributed by atoms with Crippen LogP contribution in [-0.2, 0) is 0 Å². The van der Waals surface area contributed by atoms with Gasteiger partial charge < -0.3 is 21.3 Å². The molecule has 0 unspecified atom stereocenters. The van der Waals surface area contributed by atoms with Crippen molar-refractivity contribution in [1.29, 1.82) is 0 Å². The SMILES string of the molecule is Cc1ccc(N)c(O)c1.Cc1ccc(NC(=O)c2ccccc2)c(O)c1.O=C(CI)c1ccccc1. The van der Waals surface area contributed by atoms with Crippen molar-refractivity contribution in [2.45, 2.75) is 13.8 Å². The molecule has 1 amide bonds. The molecule has 0 saturated heterocycles. The second kappa shape index (κ2) is 14.5. The number of nitrogens with two attached hydrogens (primary N) is 1. The molecule has 0 aliphatic rings. The predicted octanol–water partition coefficient (Wildman–Crippen LogP) is 6.54. The highest BCUT2D eigenvalue weighted by molar-refractivity contribution is 14.1. The maximum Gasteiger partial charge on any atom is 0.255 e. The van der Waals surface area contributed by atoms with E-state index in [9.17, 15) is 14.7 Å². The largest absolute Gasteiger partial charge is 0.506 e. The fraction of sp³-hybridized carbons (Fsp3) is 0.103. The number of phenolic OH excluding ortho intramolecular Hbond substituents is 2. The third kappa shape index (κ3) is 9.42. The van der Waals surface area contributed by atoms with E-state index in [0.29, 0.717) is 21.4 Å². The quantitative estimate of drug-likeness (QED) is 0.0703. The van der Waals surface area contributed by atoms with E-state index in [1.54, 1.807) is 48.5 Å². The molecule has 4 rings (SSSR count). The van der Waals surface area contributed by atoms with Crippen LogP contribution >= 0.6 is 22.6 Å². The van der Waals surface area contributed by atoms with Crippen LogP contribution in [0.1, 0.15) is 31.8 Å². The molecule has 0 bridgehead atoms. The van der Waals surface area contributed by atoms with E-state index >= 15 is 0 Å². The minimum atomic E-state index is -0.232. The van der Waals surface area contributed by atoms with Crippen LogP contribution in [0.4, 0.5) is 11.4 Å². The molecule has 6 nitrogen and oxygen atoms in total. The Hall–Kier alpha value is -3.85. The van der Waals surface area contributed by atoms with Crippen LogP contribution in [0.5, 0.6) is 11.5 Å². The first-order valence-corrected chi connectivity index (χ1v) is 12.6. The zero-order chi connectivity index (χ0) is 26.5. The standard InChI is InChI=1S/C14H13NO2.C8H7IO.C7H9NO/c1-10-7-8-12(13(16)9-10)15-14(17)11-5-3-2-4-6-11;9-6-8(10)7-4-2-1-3-5-7;1-5-2-3-6(8)7(9)4-5/h2-9,16H,1H3,(H,15,17);1-5H,6H2;2-4,9H,8H2,1H3.